The van der Waals surface area contributed by atoms with Gasteiger partial charge in [0.05, 0.1) is 11.1 Å². The molecule has 0 amide bonds. The molecule has 1 aromatic rings. The van der Waals surface area contributed by atoms with Gasteiger partial charge in [0.15, 0.2) is 0 Å². The van der Waals surface area contributed by atoms with Gasteiger partial charge in [-0.2, -0.15) is 0 Å². The van der Waals surface area contributed by atoms with Crippen molar-refractivity contribution < 1.29 is 4.74 Å². The summed E-state index contributed by atoms with van der Waals surface area (Å²) in [4.78, 5) is 0. The molecule has 0 saturated carbocycles. The van der Waals surface area contributed by atoms with Gasteiger partial charge in [-0.1, -0.05) is 17.7 Å². The largest absolute Gasteiger partial charge is 0.489 e. The average molecular weight is 250 g/mol. The molecule has 12 heavy (non-hydrogen) atoms. The predicted octanol–water partition coefficient (Wildman–Crippen LogP) is 3.89. The summed E-state index contributed by atoms with van der Waals surface area (Å²) in [6, 6.07) is 5.64. The van der Waals surface area contributed by atoms with Crippen LogP contribution in [0.4, 0.5) is 0 Å². The number of rotatable bonds is 2. The van der Waals surface area contributed by atoms with Gasteiger partial charge in [-0.15, -0.1) is 0 Å². The molecule has 0 spiro atoms. The fourth-order valence-electron chi connectivity index (χ4n) is 0.829. The zero-order valence-electron chi connectivity index (χ0n) is 6.97. The summed E-state index contributed by atoms with van der Waals surface area (Å²) in [7, 11) is 0. The van der Waals surface area contributed by atoms with E-state index in [0.29, 0.717) is 5.02 Å². The van der Waals surface area contributed by atoms with E-state index in [9.17, 15) is 0 Å². The fraction of sp³-hybridized carbons (Fsp3) is 0.333. The Hall–Kier alpha value is -0.210. The quantitative estimate of drug-likeness (QED) is 0.773. The van der Waals surface area contributed by atoms with Crippen LogP contribution in [0, 0.1) is 0 Å². The summed E-state index contributed by atoms with van der Waals surface area (Å²) in [5.41, 5.74) is 0. The van der Waals surface area contributed by atoms with Gasteiger partial charge >= 0.3 is 0 Å². The maximum atomic E-state index is 5.97. The maximum absolute atomic E-state index is 5.97. The first-order valence-corrected chi connectivity index (χ1v) is 4.89. The highest BCUT2D eigenvalue weighted by molar-refractivity contribution is 9.10. The van der Waals surface area contributed by atoms with Gasteiger partial charge in [0.2, 0.25) is 0 Å². The molecule has 1 aromatic carbocycles. The van der Waals surface area contributed by atoms with Gasteiger partial charge in [-0.3, -0.25) is 0 Å². The molecule has 0 aliphatic rings. The first-order chi connectivity index (χ1) is 5.61. The van der Waals surface area contributed by atoms with Crippen LogP contribution in [0.1, 0.15) is 13.8 Å². The molecule has 1 rings (SSSR count). The lowest BCUT2D eigenvalue weighted by Crippen LogP contribution is -2.05. The molecule has 66 valence electrons. The van der Waals surface area contributed by atoms with E-state index >= 15 is 0 Å². The number of halogens is 2. The molecule has 0 aliphatic carbocycles. The minimum Gasteiger partial charge on any atom is -0.489 e. The second-order valence-electron chi connectivity index (χ2n) is 2.72. The van der Waals surface area contributed by atoms with Crippen molar-refractivity contribution in [3.63, 3.8) is 0 Å². The van der Waals surface area contributed by atoms with Crippen LogP contribution >= 0.6 is 27.5 Å². The Kier molecular flexibility index (Phi) is 3.41. The van der Waals surface area contributed by atoms with Gasteiger partial charge in [0, 0.05) is 4.47 Å². The summed E-state index contributed by atoms with van der Waals surface area (Å²) < 4.78 is 6.33. The van der Waals surface area contributed by atoms with Crippen molar-refractivity contribution in [1.82, 2.24) is 0 Å². The number of ether oxygens (including phenoxy) is 1. The molecule has 0 aliphatic heterocycles. The number of hydrogen-bond acceptors (Lipinski definition) is 1. The topological polar surface area (TPSA) is 9.23 Å². The summed E-state index contributed by atoms with van der Waals surface area (Å²) >= 11 is 9.29. The van der Waals surface area contributed by atoms with E-state index in [1.54, 1.807) is 0 Å². The van der Waals surface area contributed by atoms with Gasteiger partial charge in [0.1, 0.15) is 5.75 Å². The lowest BCUT2D eigenvalue weighted by Gasteiger charge is -2.11. The highest BCUT2D eigenvalue weighted by Crippen LogP contribution is 2.32. The van der Waals surface area contributed by atoms with Crippen LogP contribution in [-0.2, 0) is 0 Å². The zero-order valence-corrected chi connectivity index (χ0v) is 9.32. The summed E-state index contributed by atoms with van der Waals surface area (Å²) in [6.07, 6.45) is 0.150. The lowest BCUT2D eigenvalue weighted by molar-refractivity contribution is 0.242. The van der Waals surface area contributed by atoms with E-state index in [2.05, 4.69) is 15.9 Å². The first kappa shape index (κ1) is 9.87. The Bertz CT molecular complexity index is 273. The van der Waals surface area contributed by atoms with Gasteiger partial charge in [0.25, 0.3) is 0 Å². The fourth-order valence-corrected chi connectivity index (χ4v) is 1.35. The molecular weight excluding hydrogens is 239 g/mol. The third-order valence-electron chi connectivity index (χ3n) is 1.28. The molecule has 0 atom stereocenters. The average Bonchev–Trinajstić information content (AvgIpc) is 1.98. The Balaban J connectivity index is 2.92. The third-order valence-corrected chi connectivity index (χ3v) is 2.56. The van der Waals surface area contributed by atoms with Crippen LogP contribution in [0.25, 0.3) is 0 Å². The van der Waals surface area contributed by atoms with E-state index in [-0.39, 0.29) is 6.10 Å². The minimum absolute atomic E-state index is 0.150. The first-order valence-electron chi connectivity index (χ1n) is 3.72. The monoisotopic (exact) mass is 248 g/mol. The van der Waals surface area contributed by atoms with E-state index in [1.165, 1.54) is 0 Å². The number of hydrogen-bond donors (Lipinski definition) is 0. The van der Waals surface area contributed by atoms with Crippen molar-refractivity contribution in [1.29, 1.82) is 0 Å². The SMILES string of the molecule is CC(C)Oc1cccc(Br)c1Cl. The second kappa shape index (κ2) is 4.15. The van der Waals surface area contributed by atoms with Gasteiger partial charge in [-0.05, 0) is 41.9 Å². The maximum Gasteiger partial charge on any atom is 0.139 e. The van der Waals surface area contributed by atoms with Crippen molar-refractivity contribution in [2.24, 2.45) is 0 Å². The van der Waals surface area contributed by atoms with Crippen LogP contribution in [0.2, 0.25) is 5.02 Å². The smallest absolute Gasteiger partial charge is 0.139 e. The molecule has 0 saturated heterocycles. The molecule has 0 fully saturated rings. The zero-order chi connectivity index (χ0) is 9.14. The molecular formula is C9H10BrClO. The van der Waals surface area contributed by atoms with Gasteiger partial charge in [-0.25, -0.2) is 0 Å². The minimum atomic E-state index is 0.150. The Morgan fingerprint density at radius 3 is 2.67 bits per heavy atom. The summed E-state index contributed by atoms with van der Waals surface area (Å²) in [5, 5.41) is 0.631. The second-order valence-corrected chi connectivity index (χ2v) is 3.95. The van der Waals surface area contributed by atoms with E-state index in [1.807, 2.05) is 32.0 Å². The molecule has 0 bridgehead atoms. The van der Waals surface area contributed by atoms with Crippen LogP contribution in [0.3, 0.4) is 0 Å². The van der Waals surface area contributed by atoms with Crippen LogP contribution in [0.5, 0.6) is 5.75 Å². The molecule has 0 radical (unpaired) electrons. The molecule has 0 unspecified atom stereocenters. The Morgan fingerprint density at radius 2 is 2.08 bits per heavy atom. The summed E-state index contributed by atoms with van der Waals surface area (Å²) in [5.74, 6) is 0.723. The van der Waals surface area contributed by atoms with E-state index in [4.69, 9.17) is 16.3 Å². The molecule has 0 heterocycles. The molecule has 1 nitrogen and oxygen atoms in total. The third kappa shape index (κ3) is 2.39. The predicted molar refractivity (Wildman–Crippen MR) is 54.9 cm³/mol. The van der Waals surface area contributed by atoms with Crippen molar-refractivity contribution in [3.8, 4) is 5.75 Å². The lowest BCUT2D eigenvalue weighted by atomic mass is 10.3. The van der Waals surface area contributed by atoms with Crippen molar-refractivity contribution in [2.75, 3.05) is 0 Å². The van der Waals surface area contributed by atoms with Crippen LogP contribution in [-0.4, -0.2) is 6.10 Å². The standard InChI is InChI=1S/C9H10BrClO/c1-6(2)12-8-5-3-4-7(10)9(8)11/h3-6H,1-2H3. The molecule has 0 N–H and O–H groups in total. The Labute approximate surface area is 85.8 Å². The van der Waals surface area contributed by atoms with Gasteiger partial charge < -0.3 is 4.74 Å². The molecule has 0 aromatic heterocycles. The van der Waals surface area contributed by atoms with Crippen molar-refractivity contribution in [2.45, 2.75) is 20.0 Å². The van der Waals surface area contributed by atoms with Crippen LogP contribution in [0.15, 0.2) is 22.7 Å². The highest BCUT2D eigenvalue weighted by atomic mass is 79.9. The van der Waals surface area contributed by atoms with Crippen molar-refractivity contribution in [3.05, 3.63) is 27.7 Å². The van der Waals surface area contributed by atoms with E-state index < -0.39 is 0 Å². The highest BCUT2D eigenvalue weighted by Gasteiger charge is 2.05. The van der Waals surface area contributed by atoms with Crippen molar-refractivity contribution >= 4 is 27.5 Å². The number of benzene rings is 1. The van der Waals surface area contributed by atoms with E-state index in [0.717, 1.165) is 10.2 Å². The van der Waals surface area contributed by atoms with Crippen LogP contribution < -0.4 is 4.74 Å². The normalized spacial score (nSPS) is 10.4. The summed E-state index contributed by atoms with van der Waals surface area (Å²) in [6.45, 7) is 3.94. The Morgan fingerprint density at radius 1 is 1.42 bits per heavy atom. The molecule has 3 heteroatoms.